The predicted octanol–water partition coefficient (Wildman–Crippen LogP) is 0.288. The van der Waals surface area contributed by atoms with E-state index in [1.54, 1.807) is 0 Å². The normalized spacial score (nSPS) is 10.4. The Kier molecular flexibility index (Phi) is 2.73. The van der Waals surface area contributed by atoms with Crippen molar-refractivity contribution in [2.75, 3.05) is 6.54 Å². The van der Waals surface area contributed by atoms with Gasteiger partial charge in [-0.3, -0.25) is 9.59 Å². The maximum Gasteiger partial charge on any atom is 0.322 e. The highest BCUT2D eigenvalue weighted by Gasteiger charge is 2.11. The zero-order valence-corrected chi connectivity index (χ0v) is 8.55. The lowest BCUT2D eigenvalue weighted by Crippen LogP contribution is -2.29. The number of carboxylic acids is 1. The number of aliphatic carboxylic acids is 1. The molecule has 0 aliphatic heterocycles. The molecule has 0 radical (unpaired) electrons. The van der Waals surface area contributed by atoms with Crippen LogP contribution in [0.25, 0.3) is 5.65 Å². The number of aromatic nitrogens is 2. The number of carbonyl (C=O) groups is 2. The third-order valence-electron chi connectivity index (χ3n) is 2.05. The standard InChI is InChI=1S/C10H8FN3O3/c11-6-1-2-8-13-7(5-14(8)4-6)10(17)12-3-9(15)16/h1-2,4-5H,3H2,(H,12,17)(H,15,16). The van der Waals surface area contributed by atoms with Gasteiger partial charge in [0.1, 0.15) is 23.7 Å². The van der Waals surface area contributed by atoms with Gasteiger partial charge in [-0.2, -0.15) is 0 Å². The fourth-order valence-electron chi connectivity index (χ4n) is 1.32. The molecule has 2 aromatic heterocycles. The summed E-state index contributed by atoms with van der Waals surface area (Å²) >= 11 is 0. The number of carbonyl (C=O) groups excluding carboxylic acids is 1. The number of fused-ring (bicyclic) bond motifs is 1. The summed E-state index contributed by atoms with van der Waals surface area (Å²) in [7, 11) is 0. The van der Waals surface area contributed by atoms with Gasteiger partial charge in [0.2, 0.25) is 0 Å². The van der Waals surface area contributed by atoms with E-state index >= 15 is 0 Å². The third-order valence-corrected chi connectivity index (χ3v) is 2.05. The summed E-state index contributed by atoms with van der Waals surface area (Å²) < 4.78 is 14.2. The number of imidazole rings is 1. The van der Waals surface area contributed by atoms with E-state index in [1.165, 1.54) is 28.9 Å². The van der Waals surface area contributed by atoms with Crippen LogP contribution in [0.15, 0.2) is 24.5 Å². The molecule has 17 heavy (non-hydrogen) atoms. The summed E-state index contributed by atoms with van der Waals surface area (Å²) in [5, 5.41) is 10.6. The van der Waals surface area contributed by atoms with Crippen LogP contribution in [0, 0.1) is 5.82 Å². The summed E-state index contributed by atoms with van der Waals surface area (Å²) in [5.74, 6) is -2.21. The van der Waals surface area contributed by atoms with Crippen LogP contribution in [0.2, 0.25) is 0 Å². The van der Waals surface area contributed by atoms with Crippen LogP contribution in [-0.4, -0.2) is 32.9 Å². The highest BCUT2D eigenvalue weighted by atomic mass is 19.1. The van der Waals surface area contributed by atoms with Crippen molar-refractivity contribution >= 4 is 17.5 Å². The molecule has 0 atom stereocenters. The van der Waals surface area contributed by atoms with Gasteiger partial charge in [-0.1, -0.05) is 0 Å². The molecule has 0 aliphatic rings. The molecule has 0 spiro atoms. The Morgan fingerprint density at radius 1 is 1.41 bits per heavy atom. The fraction of sp³-hybridized carbons (Fsp3) is 0.100. The number of pyridine rings is 1. The SMILES string of the molecule is O=C(O)CNC(=O)c1cn2cc(F)ccc2n1. The van der Waals surface area contributed by atoms with E-state index in [0.717, 1.165) is 0 Å². The Morgan fingerprint density at radius 2 is 2.18 bits per heavy atom. The molecule has 0 unspecified atom stereocenters. The topological polar surface area (TPSA) is 83.7 Å². The van der Waals surface area contributed by atoms with Crippen LogP contribution in [0.4, 0.5) is 4.39 Å². The number of nitrogens with one attached hydrogen (secondary N) is 1. The zero-order chi connectivity index (χ0) is 12.4. The van der Waals surface area contributed by atoms with E-state index in [0.29, 0.717) is 5.65 Å². The Hall–Kier alpha value is -2.44. The Morgan fingerprint density at radius 3 is 2.88 bits per heavy atom. The zero-order valence-electron chi connectivity index (χ0n) is 8.55. The minimum atomic E-state index is -1.15. The minimum Gasteiger partial charge on any atom is -0.480 e. The van der Waals surface area contributed by atoms with Gasteiger partial charge in [-0.25, -0.2) is 9.37 Å². The lowest BCUT2D eigenvalue weighted by Gasteiger charge is -1.96. The Balaban J connectivity index is 2.24. The smallest absolute Gasteiger partial charge is 0.322 e. The van der Waals surface area contributed by atoms with Crippen molar-refractivity contribution in [3.63, 3.8) is 0 Å². The second kappa shape index (κ2) is 4.20. The molecule has 0 saturated carbocycles. The molecule has 1 amide bonds. The van der Waals surface area contributed by atoms with Crippen LogP contribution in [-0.2, 0) is 4.79 Å². The number of nitrogens with zero attached hydrogens (tertiary/aromatic N) is 2. The first kappa shape index (κ1) is 11.1. The van der Waals surface area contributed by atoms with Crippen LogP contribution in [0.5, 0.6) is 0 Å². The Bertz CT molecular complexity index is 593. The van der Waals surface area contributed by atoms with Crippen LogP contribution >= 0.6 is 0 Å². The lowest BCUT2D eigenvalue weighted by atomic mass is 10.4. The summed E-state index contributed by atoms with van der Waals surface area (Å²) in [6.45, 7) is -0.485. The van der Waals surface area contributed by atoms with E-state index in [1.807, 2.05) is 0 Å². The van der Waals surface area contributed by atoms with Gasteiger partial charge >= 0.3 is 5.97 Å². The minimum absolute atomic E-state index is 0.0388. The van der Waals surface area contributed by atoms with E-state index in [2.05, 4.69) is 10.3 Å². The molecular formula is C10H8FN3O3. The van der Waals surface area contributed by atoms with E-state index < -0.39 is 24.2 Å². The van der Waals surface area contributed by atoms with Crippen LogP contribution in [0.3, 0.4) is 0 Å². The van der Waals surface area contributed by atoms with E-state index in [-0.39, 0.29) is 5.69 Å². The molecule has 0 aliphatic carbocycles. The van der Waals surface area contributed by atoms with Crippen molar-refractivity contribution in [1.29, 1.82) is 0 Å². The molecule has 6 nitrogen and oxygen atoms in total. The molecule has 7 heteroatoms. The molecular weight excluding hydrogens is 229 g/mol. The highest BCUT2D eigenvalue weighted by Crippen LogP contribution is 2.06. The molecule has 2 aromatic rings. The quantitative estimate of drug-likeness (QED) is 0.803. The first-order valence-electron chi connectivity index (χ1n) is 4.70. The van der Waals surface area contributed by atoms with Crippen molar-refractivity contribution in [2.45, 2.75) is 0 Å². The Labute approximate surface area is 94.7 Å². The first-order chi connectivity index (χ1) is 8.06. The average Bonchev–Trinajstić information content (AvgIpc) is 2.68. The van der Waals surface area contributed by atoms with Gasteiger partial charge in [-0.05, 0) is 12.1 Å². The van der Waals surface area contributed by atoms with Gasteiger partial charge in [0.25, 0.3) is 5.91 Å². The van der Waals surface area contributed by atoms with E-state index in [4.69, 9.17) is 5.11 Å². The summed E-state index contributed by atoms with van der Waals surface area (Å²) in [4.78, 5) is 25.6. The van der Waals surface area contributed by atoms with Crippen molar-refractivity contribution in [3.8, 4) is 0 Å². The fourth-order valence-corrected chi connectivity index (χ4v) is 1.32. The number of rotatable bonds is 3. The molecule has 2 rings (SSSR count). The van der Waals surface area contributed by atoms with Crippen LogP contribution < -0.4 is 5.32 Å². The first-order valence-corrected chi connectivity index (χ1v) is 4.70. The summed E-state index contributed by atoms with van der Waals surface area (Å²) in [6.07, 6.45) is 2.51. The highest BCUT2D eigenvalue weighted by molar-refractivity contribution is 5.94. The molecule has 0 aromatic carbocycles. The van der Waals surface area contributed by atoms with Crippen molar-refractivity contribution in [3.05, 3.63) is 36.0 Å². The number of amides is 1. The second-order valence-corrected chi connectivity index (χ2v) is 3.32. The molecule has 0 fully saturated rings. The average molecular weight is 237 g/mol. The summed E-state index contributed by atoms with van der Waals surface area (Å²) in [6, 6.07) is 2.64. The van der Waals surface area contributed by atoms with Crippen LogP contribution in [0.1, 0.15) is 10.5 Å². The van der Waals surface area contributed by atoms with Crippen molar-refractivity contribution < 1.29 is 19.1 Å². The van der Waals surface area contributed by atoms with Crippen molar-refractivity contribution in [2.24, 2.45) is 0 Å². The number of halogens is 1. The van der Waals surface area contributed by atoms with Gasteiger partial charge in [0, 0.05) is 12.4 Å². The molecule has 2 N–H and O–H groups in total. The maximum absolute atomic E-state index is 12.9. The summed E-state index contributed by atoms with van der Waals surface area (Å²) in [5.41, 5.74) is 0.448. The molecule has 2 heterocycles. The second-order valence-electron chi connectivity index (χ2n) is 3.32. The van der Waals surface area contributed by atoms with Gasteiger partial charge < -0.3 is 14.8 Å². The molecule has 88 valence electrons. The van der Waals surface area contributed by atoms with Gasteiger partial charge in [0.15, 0.2) is 0 Å². The van der Waals surface area contributed by atoms with Gasteiger partial charge in [-0.15, -0.1) is 0 Å². The predicted molar refractivity (Wildman–Crippen MR) is 55.1 cm³/mol. The number of carboxylic acid groups (broad SMARTS) is 1. The lowest BCUT2D eigenvalue weighted by molar-refractivity contribution is -0.135. The van der Waals surface area contributed by atoms with Crippen molar-refractivity contribution in [1.82, 2.24) is 14.7 Å². The molecule has 0 bridgehead atoms. The number of hydrogen-bond donors (Lipinski definition) is 2. The largest absolute Gasteiger partial charge is 0.480 e. The molecule has 0 saturated heterocycles. The third kappa shape index (κ3) is 2.39. The maximum atomic E-state index is 12.9. The number of hydrogen-bond acceptors (Lipinski definition) is 3. The van der Waals surface area contributed by atoms with Gasteiger partial charge in [0.05, 0.1) is 0 Å². The monoisotopic (exact) mass is 237 g/mol. The van der Waals surface area contributed by atoms with E-state index in [9.17, 15) is 14.0 Å².